The molecule has 3 heteroatoms. The minimum absolute atomic E-state index is 0.260. The fraction of sp³-hybridized carbons (Fsp3) is 0.667. The molecule has 1 aliphatic heterocycles. The van der Waals surface area contributed by atoms with E-state index >= 15 is 0 Å². The zero-order chi connectivity index (χ0) is 9.19. The van der Waals surface area contributed by atoms with Crippen LogP contribution in [0.3, 0.4) is 0 Å². The Morgan fingerprint density at radius 3 is 2.42 bits per heavy atom. The van der Waals surface area contributed by atoms with Gasteiger partial charge in [-0.05, 0) is 12.8 Å². The molecule has 0 aliphatic carbocycles. The van der Waals surface area contributed by atoms with Crippen molar-refractivity contribution < 1.29 is 14.6 Å². The van der Waals surface area contributed by atoms with Gasteiger partial charge in [-0.3, -0.25) is 0 Å². The number of carboxylic acid groups (broad SMARTS) is 1. The maximum Gasteiger partial charge on any atom is 0.331 e. The molecule has 12 heavy (non-hydrogen) atoms. The fourth-order valence-corrected chi connectivity index (χ4v) is 1.38. The molecule has 0 aromatic rings. The summed E-state index contributed by atoms with van der Waals surface area (Å²) in [5.41, 5.74) is 0.0511. The highest BCUT2D eigenvalue weighted by atomic mass is 16.5. The van der Waals surface area contributed by atoms with E-state index in [1.807, 2.05) is 6.92 Å². The molecule has 1 heterocycles. The first-order valence-electron chi connectivity index (χ1n) is 4.07. The topological polar surface area (TPSA) is 46.5 Å². The van der Waals surface area contributed by atoms with Gasteiger partial charge in [0.2, 0.25) is 0 Å². The summed E-state index contributed by atoms with van der Waals surface area (Å²) in [6.07, 6.45) is 1.52. The van der Waals surface area contributed by atoms with E-state index in [4.69, 9.17) is 9.84 Å². The number of aliphatic carboxylic acids is 1. The Morgan fingerprint density at radius 1 is 1.50 bits per heavy atom. The van der Waals surface area contributed by atoms with Crippen LogP contribution < -0.4 is 0 Å². The Bertz CT molecular complexity index is 202. The van der Waals surface area contributed by atoms with Gasteiger partial charge in [0.1, 0.15) is 0 Å². The molecular weight excluding hydrogens is 156 g/mol. The van der Waals surface area contributed by atoms with Gasteiger partial charge in [0.15, 0.2) is 0 Å². The van der Waals surface area contributed by atoms with E-state index in [1.165, 1.54) is 0 Å². The maximum atomic E-state index is 10.7. The van der Waals surface area contributed by atoms with Crippen molar-refractivity contribution in [3.8, 4) is 0 Å². The van der Waals surface area contributed by atoms with E-state index in [-0.39, 0.29) is 5.41 Å². The van der Waals surface area contributed by atoms with Gasteiger partial charge in [0.05, 0.1) is 0 Å². The first-order valence-corrected chi connectivity index (χ1v) is 4.07. The van der Waals surface area contributed by atoms with Crippen LogP contribution >= 0.6 is 0 Å². The van der Waals surface area contributed by atoms with E-state index in [2.05, 4.69) is 6.58 Å². The standard InChI is InChI=1S/C9H14O3/c1-7(8(10)11)9(2)3-5-12-6-4-9/h1,3-6H2,2H3,(H,10,11). The third kappa shape index (κ3) is 1.67. The smallest absolute Gasteiger partial charge is 0.331 e. The lowest BCUT2D eigenvalue weighted by Gasteiger charge is -2.33. The van der Waals surface area contributed by atoms with Gasteiger partial charge in [-0.2, -0.15) is 0 Å². The molecule has 1 fully saturated rings. The quantitative estimate of drug-likeness (QED) is 0.638. The second-order valence-corrected chi connectivity index (χ2v) is 3.46. The van der Waals surface area contributed by atoms with E-state index in [0.717, 1.165) is 12.8 Å². The molecule has 1 aliphatic rings. The number of hydrogen-bond acceptors (Lipinski definition) is 2. The summed E-state index contributed by atoms with van der Waals surface area (Å²) in [6.45, 7) is 6.81. The van der Waals surface area contributed by atoms with Crippen molar-refractivity contribution in [1.82, 2.24) is 0 Å². The number of ether oxygens (including phenoxy) is 1. The second-order valence-electron chi connectivity index (χ2n) is 3.46. The number of hydrogen-bond donors (Lipinski definition) is 1. The zero-order valence-electron chi connectivity index (χ0n) is 7.30. The highest BCUT2D eigenvalue weighted by Gasteiger charge is 2.33. The van der Waals surface area contributed by atoms with Crippen LogP contribution in [0.1, 0.15) is 19.8 Å². The summed E-state index contributed by atoms with van der Waals surface area (Å²) in [5.74, 6) is -0.889. The number of carboxylic acids is 1. The van der Waals surface area contributed by atoms with Crippen molar-refractivity contribution in [2.24, 2.45) is 5.41 Å². The molecule has 0 atom stereocenters. The van der Waals surface area contributed by atoms with E-state index in [9.17, 15) is 4.79 Å². The summed E-state index contributed by atoms with van der Waals surface area (Å²) in [4.78, 5) is 10.7. The van der Waals surface area contributed by atoms with Crippen molar-refractivity contribution in [1.29, 1.82) is 0 Å². The number of rotatable bonds is 2. The summed E-state index contributed by atoms with van der Waals surface area (Å²) in [7, 11) is 0. The van der Waals surface area contributed by atoms with Crippen molar-refractivity contribution in [3.63, 3.8) is 0 Å². The first-order chi connectivity index (χ1) is 5.56. The second kappa shape index (κ2) is 3.27. The van der Waals surface area contributed by atoms with Crippen molar-refractivity contribution in [2.45, 2.75) is 19.8 Å². The molecule has 68 valence electrons. The van der Waals surface area contributed by atoms with E-state index in [1.54, 1.807) is 0 Å². The summed E-state index contributed by atoms with van der Waals surface area (Å²) in [6, 6.07) is 0. The van der Waals surface area contributed by atoms with Gasteiger partial charge in [-0.25, -0.2) is 4.79 Å². The van der Waals surface area contributed by atoms with Gasteiger partial charge >= 0.3 is 5.97 Å². The molecule has 0 saturated carbocycles. The molecule has 1 saturated heterocycles. The summed E-state index contributed by atoms with van der Waals surface area (Å²) in [5, 5.41) is 8.76. The van der Waals surface area contributed by atoms with E-state index in [0.29, 0.717) is 18.8 Å². The van der Waals surface area contributed by atoms with Crippen molar-refractivity contribution in [2.75, 3.05) is 13.2 Å². The fourth-order valence-electron chi connectivity index (χ4n) is 1.38. The molecule has 1 N–H and O–H groups in total. The minimum atomic E-state index is -0.889. The zero-order valence-corrected chi connectivity index (χ0v) is 7.30. The van der Waals surface area contributed by atoms with Crippen LogP contribution in [-0.4, -0.2) is 24.3 Å². The lowest BCUT2D eigenvalue weighted by Crippen LogP contribution is -2.31. The van der Waals surface area contributed by atoms with Crippen molar-refractivity contribution >= 4 is 5.97 Å². The molecule has 0 bridgehead atoms. The minimum Gasteiger partial charge on any atom is -0.478 e. The highest BCUT2D eigenvalue weighted by Crippen LogP contribution is 2.36. The predicted octanol–water partition coefficient (Wildman–Crippen LogP) is 1.44. The average Bonchev–Trinajstić information content (AvgIpc) is 2.04. The maximum absolute atomic E-state index is 10.7. The Balaban J connectivity index is 2.69. The molecule has 0 spiro atoms. The Hall–Kier alpha value is -0.830. The van der Waals surface area contributed by atoms with Crippen LogP contribution in [-0.2, 0) is 9.53 Å². The Kier molecular flexibility index (Phi) is 2.52. The number of carbonyl (C=O) groups is 1. The molecule has 0 aromatic carbocycles. The van der Waals surface area contributed by atoms with Crippen LogP contribution in [0.15, 0.2) is 12.2 Å². The summed E-state index contributed by atoms with van der Waals surface area (Å²) < 4.78 is 5.16. The molecule has 0 amide bonds. The van der Waals surface area contributed by atoms with Crippen LogP contribution in [0.4, 0.5) is 0 Å². The first kappa shape index (κ1) is 9.26. The van der Waals surface area contributed by atoms with Gasteiger partial charge in [0, 0.05) is 24.2 Å². The predicted molar refractivity (Wildman–Crippen MR) is 44.9 cm³/mol. The van der Waals surface area contributed by atoms with Crippen LogP contribution in [0.2, 0.25) is 0 Å². The monoisotopic (exact) mass is 170 g/mol. The lowest BCUT2D eigenvalue weighted by atomic mass is 9.76. The highest BCUT2D eigenvalue weighted by molar-refractivity contribution is 5.87. The van der Waals surface area contributed by atoms with Crippen LogP contribution in [0, 0.1) is 5.41 Å². The lowest BCUT2D eigenvalue weighted by molar-refractivity contribution is -0.134. The molecule has 0 radical (unpaired) electrons. The molecule has 0 aromatic heterocycles. The van der Waals surface area contributed by atoms with Gasteiger partial charge in [-0.15, -0.1) is 0 Å². The third-order valence-electron chi connectivity index (χ3n) is 2.58. The average molecular weight is 170 g/mol. The molecule has 1 rings (SSSR count). The van der Waals surface area contributed by atoms with Crippen molar-refractivity contribution in [3.05, 3.63) is 12.2 Å². The van der Waals surface area contributed by atoms with Crippen LogP contribution in [0.5, 0.6) is 0 Å². The SMILES string of the molecule is C=C(C(=O)O)C1(C)CCOCC1. The summed E-state index contributed by atoms with van der Waals surface area (Å²) >= 11 is 0. The Labute approximate surface area is 72.0 Å². The largest absolute Gasteiger partial charge is 0.478 e. The molecular formula is C9H14O3. The molecule has 0 unspecified atom stereocenters. The normalized spacial score (nSPS) is 21.8. The van der Waals surface area contributed by atoms with Gasteiger partial charge in [-0.1, -0.05) is 13.5 Å². The Morgan fingerprint density at radius 2 is 2.00 bits per heavy atom. The molecule has 3 nitrogen and oxygen atoms in total. The van der Waals surface area contributed by atoms with Crippen LogP contribution in [0.25, 0.3) is 0 Å². The third-order valence-corrected chi connectivity index (χ3v) is 2.58. The van der Waals surface area contributed by atoms with Gasteiger partial charge < -0.3 is 9.84 Å². The van der Waals surface area contributed by atoms with E-state index < -0.39 is 5.97 Å². The van der Waals surface area contributed by atoms with Gasteiger partial charge in [0.25, 0.3) is 0 Å².